The summed E-state index contributed by atoms with van der Waals surface area (Å²) in [5.74, 6) is -0.976. The van der Waals surface area contributed by atoms with Crippen molar-refractivity contribution in [2.24, 2.45) is 5.73 Å². The molecule has 0 amide bonds. The van der Waals surface area contributed by atoms with Gasteiger partial charge in [-0.2, -0.15) is 4.39 Å². The summed E-state index contributed by atoms with van der Waals surface area (Å²) < 4.78 is 58.8. The molecule has 7 N–H and O–H groups in total. The second-order valence-corrected chi connectivity index (χ2v) is 25.4. The van der Waals surface area contributed by atoms with Gasteiger partial charge in [0.15, 0.2) is 0 Å². The summed E-state index contributed by atoms with van der Waals surface area (Å²) >= 11 is 0. The van der Waals surface area contributed by atoms with Crippen molar-refractivity contribution in [2.45, 2.75) is 171 Å². The molecule has 3 aliphatic carbocycles. The number of hydrogen-bond acceptors (Lipinski definition) is 21. The molecule has 98 heavy (non-hydrogen) atoms. The molecule has 3 aromatic heterocycles. The number of nitrogens with zero attached hydrogens (tertiary/aromatic N) is 6. The van der Waals surface area contributed by atoms with E-state index >= 15 is 0 Å². The third kappa shape index (κ3) is 20.4. The quantitative estimate of drug-likeness (QED) is 0.0442. The summed E-state index contributed by atoms with van der Waals surface area (Å²) in [6.07, 6.45) is 23.3. The van der Waals surface area contributed by atoms with E-state index in [0.29, 0.717) is 38.2 Å². The summed E-state index contributed by atoms with van der Waals surface area (Å²) in [7, 11) is 4.13. The second-order valence-electron chi connectivity index (χ2n) is 25.4. The Morgan fingerprint density at radius 3 is 1.18 bits per heavy atom. The molecular formula is C73H95ClFN8NaO14. The Bertz CT molecular complexity index is 3490. The summed E-state index contributed by atoms with van der Waals surface area (Å²) in [6, 6.07) is 30.1. The van der Waals surface area contributed by atoms with Crippen LogP contribution in [0.1, 0.15) is 174 Å². The van der Waals surface area contributed by atoms with Gasteiger partial charge in [0.05, 0.1) is 50.7 Å². The van der Waals surface area contributed by atoms with E-state index in [1.807, 2.05) is 30.3 Å². The van der Waals surface area contributed by atoms with Gasteiger partial charge in [-0.05, 0) is 142 Å². The van der Waals surface area contributed by atoms with Crippen LogP contribution in [0.25, 0.3) is 0 Å². The molecule has 3 spiro atoms. The van der Waals surface area contributed by atoms with Gasteiger partial charge in [-0.15, -0.1) is 12.4 Å². The van der Waals surface area contributed by atoms with Crippen molar-refractivity contribution >= 4 is 36.0 Å². The number of aromatic carboxylic acids is 1. The predicted octanol–water partition coefficient (Wildman–Crippen LogP) is 7.69. The Hall–Kier alpha value is -6.42. The van der Waals surface area contributed by atoms with E-state index in [1.165, 1.54) is 91.3 Å². The number of likely N-dealkylation sites (tertiary alicyclic amines) is 3. The molecule has 3 aromatic carbocycles. The third-order valence-electron chi connectivity index (χ3n) is 19.4. The number of aliphatic hydroxyl groups excluding tert-OH is 1. The maximum atomic E-state index is 12.2. The fraction of sp³-hybridized carbons (Fsp3) is 0.507. The Morgan fingerprint density at radius 1 is 0.541 bits per heavy atom. The van der Waals surface area contributed by atoms with Crippen LogP contribution in [0, 0.1) is 5.95 Å². The molecule has 526 valence electrons. The molecule has 9 heterocycles. The van der Waals surface area contributed by atoms with E-state index < -0.39 is 35.2 Å². The van der Waals surface area contributed by atoms with Crippen molar-refractivity contribution in [2.75, 3.05) is 72.9 Å². The number of methoxy groups -OCH3 is 2. The van der Waals surface area contributed by atoms with Crippen molar-refractivity contribution in [3.8, 4) is 17.2 Å². The van der Waals surface area contributed by atoms with Crippen molar-refractivity contribution in [3.05, 3.63) is 171 Å². The molecule has 0 bridgehead atoms. The van der Waals surface area contributed by atoms with Crippen LogP contribution in [0.2, 0.25) is 0 Å². The number of anilines is 1. The number of aromatic nitrogens is 3. The van der Waals surface area contributed by atoms with E-state index in [0.717, 1.165) is 170 Å². The zero-order valence-electron chi connectivity index (χ0n) is 57.2. The number of carboxylic acids is 1. The van der Waals surface area contributed by atoms with Crippen LogP contribution in [-0.2, 0) is 56.3 Å². The first-order valence-corrected chi connectivity index (χ1v) is 33.6. The molecular weight excluding hydrogens is 1290 g/mol. The number of pyridine rings is 3. The van der Waals surface area contributed by atoms with E-state index in [2.05, 4.69) is 70.5 Å². The van der Waals surface area contributed by atoms with Gasteiger partial charge in [0.25, 0.3) is 0 Å². The number of carbonyl (C=O) groups is 3. The standard InChI is InChI=1S/C24H28N2O4.C23H26N2O4.C16H22N2O2.C7H6FNO2.C2H6O.CH5N.ClH.Na.H2O/c1-28-23(27)18-6-7-20(25-15-18)14-17-5-8-22-19(13-17)16-29-24(30-22)9-11-26(12-10-24)21-3-2-4-21;26-22(27)17-5-6-19(24-14-17)13-16-4-7-21-18(12-16)15-28-23(29-21)8-10-25(11-9-23)20-2-1-3-20;17-13-4-5-15-12(10-13)11-19-16(20-15)6-8-18(9-7-16)14-2-1-3-14;1-11-7(10)5-2-3-6(8)9-4-5;1-2-3;1-2;;;/h5-8,13,15,21H,2-4,9-12,14,16H2,1H3;4-7,12,14,20H,1-3,8-11,13,15H2,(H,26,27);4-5,10,14H,1-3,6-9,11,17H2;2-4H,1H3;3H,2H2,1H3;2H2,1H3;1H;;1H2/q;;;;;;;+1;/p-1. The SMILES string of the molecule is CCO.CN.COC(=O)c1ccc(Cc2ccc3c(c2)COC2(CCN(C4CCC4)CC2)O3)nc1.COC(=O)c1ccc(F)nc1.Cl.Nc1ccc2c(c1)COC1(CCN(C3CCC3)CC1)O2.O=C(O)c1ccc(Cc2ccc3c(c2)COC2(CCN(C4CCC4)CC2)O3)nc1.[Na+].[OH-]. The molecule has 6 aliphatic heterocycles. The number of fused-ring (bicyclic) bond motifs is 3. The van der Waals surface area contributed by atoms with Crippen molar-refractivity contribution < 1.29 is 102 Å². The largest absolute Gasteiger partial charge is 1.00 e. The van der Waals surface area contributed by atoms with Crippen molar-refractivity contribution in [1.29, 1.82) is 0 Å². The average Bonchev–Trinajstić information content (AvgIpc) is 0.789. The summed E-state index contributed by atoms with van der Waals surface area (Å²) in [6.45, 7) is 10.1. The van der Waals surface area contributed by atoms with Gasteiger partial charge in [0.2, 0.25) is 23.3 Å². The molecule has 0 unspecified atom stereocenters. The van der Waals surface area contributed by atoms with Gasteiger partial charge in [-0.1, -0.05) is 31.4 Å². The maximum Gasteiger partial charge on any atom is 1.00 e. The molecule has 0 atom stereocenters. The van der Waals surface area contributed by atoms with Crippen LogP contribution in [0.3, 0.4) is 0 Å². The second kappa shape index (κ2) is 37.3. The van der Waals surface area contributed by atoms with E-state index in [-0.39, 0.29) is 71.1 Å². The molecule has 15 rings (SSSR count). The number of carboxylic acid groups (broad SMARTS) is 1. The fourth-order valence-electron chi connectivity index (χ4n) is 13.2. The summed E-state index contributed by atoms with van der Waals surface area (Å²) in [4.78, 5) is 53.0. The maximum absolute atomic E-state index is 12.2. The Kier molecular flexibility index (Phi) is 30.0. The topological polar surface area (TPSA) is 296 Å². The van der Waals surface area contributed by atoms with Gasteiger partial charge in [-0.25, -0.2) is 19.4 Å². The molecule has 6 aromatic rings. The van der Waals surface area contributed by atoms with Crippen molar-refractivity contribution in [3.63, 3.8) is 0 Å². The van der Waals surface area contributed by atoms with Gasteiger partial charge in [0, 0.05) is 168 Å². The van der Waals surface area contributed by atoms with Gasteiger partial charge >= 0.3 is 47.5 Å². The van der Waals surface area contributed by atoms with Crippen LogP contribution in [0.15, 0.2) is 110 Å². The number of nitrogen functional groups attached to an aromatic ring is 1. The van der Waals surface area contributed by atoms with Crippen LogP contribution < -0.4 is 55.2 Å². The molecule has 3 saturated carbocycles. The van der Waals surface area contributed by atoms with Crippen LogP contribution in [-0.4, -0.2) is 166 Å². The van der Waals surface area contributed by atoms with E-state index in [9.17, 15) is 18.8 Å². The van der Waals surface area contributed by atoms with Crippen LogP contribution >= 0.6 is 12.4 Å². The minimum atomic E-state index is -0.959. The third-order valence-corrected chi connectivity index (χ3v) is 19.4. The number of esters is 2. The smallest absolute Gasteiger partial charge is 0.870 e. The number of halogens is 2. The molecule has 25 heteroatoms. The number of piperidine rings is 3. The first-order valence-electron chi connectivity index (χ1n) is 33.6. The summed E-state index contributed by atoms with van der Waals surface area (Å²) in [5, 5.41) is 16.6. The van der Waals surface area contributed by atoms with E-state index in [4.69, 9.17) is 49.1 Å². The van der Waals surface area contributed by atoms with Crippen LogP contribution in [0.4, 0.5) is 10.1 Å². The predicted molar refractivity (Wildman–Crippen MR) is 363 cm³/mol. The fourth-order valence-corrected chi connectivity index (χ4v) is 13.2. The zero-order valence-corrected chi connectivity index (χ0v) is 60.0. The minimum Gasteiger partial charge on any atom is -0.870 e. The normalized spacial score (nSPS) is 19.2. The van der Waals surface area contributed by atoms with Crippen molar-refractivity contribution in [1.82, 2.24) is 29.7 Å². The number of aliphatic hydroxyl groups is 1. The number of benzene rings is 3. The molecule has 22 nitrogen and oxygen atoms in total. The molecule has 3 saturated heterocycles. The van der Waals surface area contributed by atoms with Crippen LogP contribution in [0.5, 0.6) is 17.2 Å². The first kappa shape index (κ1) is 78.9. The van der Waals surface area contributed by atoms with Gasteiger partial charge < -0.3 is 65.1 Å². The monoisotopic (exact) mass is 1380 g/mol. The number of carbonyl (C=O) groups excluding carboxylic acids is 2. The Morgan fingerprint density at radius 2 is 0.878 bits per heavy atom. The first-order chi connectivity index (χ1) is 46.1. The van der Waals surface area contributed by atoms with E-state index in [1.54, 1.807) is 31.3 Å². The Balaban J connectivity index is 0.000000186. The molecule has 6 fully saturated rings. The number of hydrogen-bond donors (Lipinski definition) is 4. The molecule has 0 radical (unpaired) electrons. The minimum absolute atomic E-state index is 0. The summed E-state index contributed by atoms with van der Waals surface area (Å²) in [5.41, 5.74) is 19.2. The number of ether oxygens (including phenoxy) is 8. The number of nitrogens with two attached hydrogens (primary N) is 2. The average molecular weight is 1390 g/mol. The Labute approximate surface area is 602 Å². The number of rotatable bonds is 10. The molecule has 9 aliphatic rings. The van der Waals surface area contributed by atoms with Gasteiger partial charge in [-0.3, -0.25) is 24.7 Å². The zero-order chi connectivity index (χ0) is 67.0. The van der Waals surface area contributed by atoms with Gasteiger partial charge in [0.1, 0.15) is 17.2 Å².